The van der Waals surface area contributed by atoms with Crippen LogP contribution in [-0.4, -0.2) is 16.0 Å². The first-order chi connectivity index (χ1) is 8.69. The first-order valence-corrected chi connectivity index (χ1v) is 5.63. The van der Waals surface area contributed by atoms with Gasteiger partial charge in [0.05, 0.1) is 12.2 Å². The fraction of sp³-hybridized carbons (Fsp3) is 0.143. The number of aromatic nitrogens is 1. The van der Waals surface area contributed by atoms with Gasteiger partial charge in [0.2, 0.25) is 0 Å². The number of rotatable bonds is 3. The van der Waals surface area contributed by atoms with Crippen molar-refractivity contribution in [3.05, 3.63) is 59.4 Å². The lowest BCUT2D eigenvalue weighted by atomic mass is 10.2. The number of hydrogen-bond acceptors (Lipinski definition) is 3. The Hall–Kier alpha value is -2.20. The first kappa shape index (κ1) is 12.3. The Kier molecular flexibility index (Phi) is 3.69. The Morgan fingerprint density at radius 1 is 1.33 bits per heavy atom. The number of carbonyl (C=O) groups excluding carboxylic acids is 1. The molecule has 1 amide bonds. The number of aryl methyl sites for hydroxylation is 1. The molecule has 18 heavy (non-hydrogen) atoms. The van der Waals surface area contributed by atoms with Crippen LogP contribution in [-0.2, 0) is 6.61 Å². The number of anilines is 1. The number of nitrogens with one attached hydrogen (secondary N) is 1. The van der Waals surface area contributed by atoms with Crippen LogP contribution in [0.1, 0.15) is 21.6 Å². The van der Waals surface area contributed by atoms with E-state index in [4.69, 9.17) is 5.11 Å². The minimum absolute atomic E-state index is 0.0458. The van der Waals surface area contributed by atoms with Gasteiger partial charge in [-0.25, -0.2) is 0 Å². The molecule has 0 aliphatic rings. The molecule has 0 fully saturated rings. The number of pyridine rings is 1. The molecule has 0 atom stereocenters. The summed E-state index contributed by atoms with van der Waals surface area (Å²) in [6, 6.07) is 10.6. The normalized spacial score (nSPS) is 10.1. The van der Waals surface area contributed by atoms with Crippen molar-refractivity contribution in [2.75, 3.05) is 5.32 Å². The van der Waals surface area contributed by atoms with Gasteiger partial charge >= 0.3 is 0 Å². The molecule has 1 heterocycles. The fourth-order valence-corrected chi connectivity index (χ4v) is 1.55. The lowest BCUT2D eigenvalue weighted by Crippen LogP contribution is -2.12. The van der Waals surface area contributed by atoms with E-state index in [2.05, 4.69) is 10.3 Å². The Morgan fingerprint density at radius 3 is 2.83 bits per heavy atom. The largest absolute Gasteiger partial charge is 0.392 e. The number of nitrogens with zero attached hydrogens (tertiary/aromatic N) is 1. The highest BCUT2D eigenvalue weighted by Gasteiger charge is 2.06. The van der Waals surface area contributed by atoms with E-state index >= 15 is 0 Å². The quantitative estimate of drug-likeness (QED) is 0.866. The number of carbonyl (C=O) groups is 1. The van der Waals surface area contributed by atoms with Crippen molar-refractivity contribution >= 4 is 11.6 Å². The zero-order valence-corrected chi connectivity index (χ0v) is 10.1. The molecule has 0 aliphatic carbocycles. The molecule has 0 saturated heterocycles. The number of hydrogen-bond donors (Lipinski definition) is 2. The number of amides is 1. The molecule has 0 saturated carbocycles. The van der Waals surface area contributed by atoms with Crippen LogP contribution in [0.2, 0.25) is 0 Å². The zero-order chi connectivity index (χ0) is 13.0. The van der Waals surface area contributed by atoms with Crippen LogP contribution in [0.3, 0.4) is 0 Å². The van der Waals surface area contributed by atoms with E-state index in [1.54, 1.807) is 42.6 Å². The summed E-state index contributed by atoms with van der Waals surface area (Å²) in [5.41, 5.74) is 2.80. The summed E-state index contributed by atoms with van der Waals surface area (Å²) >= 11 is 0. The van der Waals surface area contributed by atoms with E-state index in [0.717, 1.165) is 11.3 Å². The van der Waals surface area contributed by atoms with Crippen LogP contribution in [0.5, 0.6) is 0 Å². The Morgan fingerprint density at radius 2 is 2.17 bits per heavy atom. The lowest BCUT2D eigenvalue weighted by Gasteiger charge is -2.06. The topological polar surface area (TPSA) is 62.2 Å². The van der Waals surface area contributed by atoms with Gasteiger partial charge in [0.1, 0.15) is 0 Å². The molecule has 2 rings (SSSR count). The second-order valence-corrected chi connectivity index (χ2v) is 4.00. The van der Waals surface area contributed by atoms with Crippen molar-refractivity contribution in [1.82, 2.24) is 4.98 Å². The highest BCUT2D eigenvalue weighted by molar-refractivity contribution is 6.04. The summed E-state index contributed by atoms with van der Waals surface area (Å²) in [6.07, 6.45) is 1.54. The number of aliphatic hydroxyl groups is 1. The third-order valence-corrected chi connectivity index (χ3v) is 2.54. The van der Waals surface area contributed by atoms with Gasteiger partial charge in [-0.1, -0.05) is 12.1 Å². The van der Waals surface area contributed by atoms with Crippen LogP contribution < -0.4 is 5.32 Å². The third-order valence-electron chi connectivity index (χ3n) is 2.54. The SMILES string of the molecule is Cc1ccc(C(=O)Nc2cccc(CO)c2)cn1. The van der Waals surface area contributed by atoms with Crippen molar-refractivity contribution < 1.29 is 9.90 Å². The molecule has 1 aromatic heterocycles. The van der Waals surface area contributed by atoms with E-state index in [-0.39, 0.29) is 12.5 Å². The van der Waals surface area contributed by atoms with Gasteiger partial charge in [-0.15, -0.1) is 0 Å². The van der Waals surface area contributed by atoms with Crippen molar-refractivity contribution in [2.45, 2.75) is 13.5 Å². The predicted octanol–water partition coefficient (Wildman–Crippen LogP) is 2.13. The van der Waals surface area contributed by atoms with Gasteiger partial charge in [0.25, 0.3) is 5.91 Å². The van der Waals surface area contributed by atoms with Crippen LogP contribution in [0.15, 0.2) is 42.6 Å². The molecule has 0 unspecified atom stereocenters. The molecule has 2 aromatic rings. The van der Waals surface area contributed by atoms with Crippen molar-refractivity contribution in [2.24, 2.45) is 0 Å². The fourth-order valence-electron chi connectivity index (χ4n) is 1.55. The summed E-state index contributed by atoms with van der Waals surface area (Å²) < 4.78 is 0. The molecule has 0 bridgehead atoms. The van der Waals surface area contributed by atoms with E-state index in [1.807, 2.05) is 6.92 Å². The maximum absolute atomic E-state index is 11.9. The van der Waals surface area contributed by atoms with Gasteiger partial charge in [-0.05, 0) is 36.8 Å². The molecule has 2 N–H and O–H groups in total. The van der Waals surface area contributed by atoms with E-state index in [9.17, 15) is 4.79 Å². The second kappa shape index (κ2) is 5.42. The second-order valence-electron chi connectivity index (χ2n) is 4.00. The summed E-state index contributed by atoms with van der Waals surface area (Å²) in [4.78, 5) is 16.0. The van der Waals surface area contributed by atoms with Gasteiger partial charge in [0.15, 0.2) is 0 Å². The molecule has 92 valence electrons. The van der Waals surface area contributed by atoms with Crippen LogP contribution >= 0.6 is 0 Å². The molecule has 0 spiro atoms. The maximum atomic E-state index is 11.9. The average molecular weight is 242 g/mol. The van der Waals surface area contributed by atoms with Gasteiger partial charge in [0, 0.05) is 17.6 Å². The van der Waals surface area contributed by atoms with E-state index in [1.165, 1.54) is 0 Å². The standard InChI is InChI=1S/C14H14N2O2/c1-10-5-6-12(8-15-10)14(18)16-13-4-2-3-11(7-13)9-17/h2-8,17H,9H2,1H3,(H,16,18). The van der Waals surface area contributed by atoms with Crippen LogP contribution in [0.25, 0.3) is 0 Å². The Balaban J connectivity index is 2.13. The molecular weight excluding hydrogens is 228 g/mol. The molecule has 1 aromatic carbocycles. The zero-order valence-electron chi connectivity index (χ0n) is 10.1. The average Bonchev–Trinajstić information content (AvgIpc) is 2.39. The Labute approximate surface area is 105 Å². The molecule has 0 radical (unpaired) electrons. The first-order valence-electron chi connectivity index (χ1n) is 5.63. The molecular formula is C14H14N2O2. The summed E-state index contributed by atoms with van der Waals surface area (Å²) in [5.74, 6) is -0.211. The summed E-state index contributed by atoms with van der Waals surface area (Å²) in [7, 11) is 0. The Bertz CT molecular complexity index is 550. The van der Waals surface area contributed by atoms with Crippen molar-refractivity contribution in [3.63, 3.8) is 0 Å². The smallest absolute Gasteiger partial charge is 0.257 e. The third kappa shape index (κ3) is 2.93. The van der Waals surface area contributed by atoms with Crippen LogP contribution in [0, 0.1) is 6.92 Å². The van der Waals surface area contributed by atoms with Crippen molar-refractivity contribution in [3.8, 4) is 0 Å². The molecule has 0 aliphatic heterocycles. The minimum atomic E-state index is -0.211. The lowest BCUT2D eigenvalue weighted by molar-refractivity contribution is 0.102. The van der Waals surface area contributed by atoms with E-state index < -0.39 is 0 Å². The predicted molar refractivity (Wildman–Crippen MR) is 69.3 cm³/mol. The summed E-state index contributed by atoms with van der Waals surface area (Å²) in [5, 5.41) is 11.8. The number of aliphatic hydroxyl groups excluding tert-OH is 1. The van der Waals surface area contributed by atoms with E-state index in [0.29, 0.717) is 11.3 Å². The van der Waals surface area contributed by atoms with Gasteiger partial charge in [-0.2, -0.15) is 0 Å². The summed E-state index contributed by atoms with van der Waals surface area (Å²) in [6.45, 7) is 1.82. The molecule has 4 heteroatoms. The highest BCUT2D eigenvalue weighted by atomic mass is 16.3. The maximum Gasteiger partial charge on any atom is 0.257 e. The monoisotopic (exact) mass is 242 g/mol. The molecule has 4 nitrogen and oxygen atoms in total. The van der Waals surface area contributed by atoms with Crippen LogP contribution in [0.4, 0.5) is 5.69 Å². The van der Waals surface area contributed by atoms with Crippen molar-refractivity contribution in [1.29, 1.82) is 0 Å². The number of benzene rings is 1. The van der Waals surface area contributed by atoms with Gasteiger partial charge < -0.3 is 10.4 Å². The van der Waals surface area contributed by atoms with Gasteiger partial charge in [-0.3, -0.25) is 9.78 Å². The minimum Gasteiger partial charge on any atom is -0.392 e. The highest BCUT2D eigenvalue weighted by Crippen LogP contribution is 2.12.